The molecule has 1 N–H and O–H groups in total. The van der Waals surface area contributed by atoms with Crippen molar-refractivity contribution in [3.63, 3.8) is 0 Å². The first-order valence-electron chi connectivity index (χ1n) is 12.1. The van der Waals surface area contributed by atoms with E-state index >= 15 is 0 Å². The third-order valence-corrected chi connectivity index (χ3v) is 7.43. The Bertz CT molecular complexity index is 1120. The van der Waals surface area contributed by atoms with E-state index in [1.165, 1.54) is 0 Å². The molecular formula is C30H33NO4S2. The molecule has 0 spiro atoms. The van der Waals surface area contributed by atoms with Gasteiger partial charge in [-0.15, -0.1) is 0 Å². The number of alkyl carbamates (subject to hydrolysis) is 1. The summed E-state index contributed by atoms with van der Waals surface area (Å²) in [7, 11) is 0. The smallest absolute Gasteiger partial charge is 0.408 e. The van der Waals surface area contributed by atoms with Crippen LogP contribution >= 0.6 is 23.5 Å². The molecular weight excluding hydrogens is 502 g/mol. The lowest BCUT2D eigenvalue weighted by Crippen LogP contribution is -2.41. The average molecular weight is 536 g/mol. The van der Waals surface area contributed by atoms with Crippen molar-refractivity contribution < 1.29 is 19.1 Å². The first-order valence-corrected chi connectivity index (χ1v) is 14.1. The highest BCUT2D eigenvalue weighted by molar-refractivity contribution is 8.15. The summed E-state index contributed by atoms with van der Waals surface area (Å²) < 4.78 is 5.50. The molecule has 194 valence electrons. The third kappa shape index (κ3) is 9.41. The highest BCUT2D eigenvalue weighted by Gasteiger charge is 2.38. The molecule has 0 unspecified atom stereocenters. The minimum absolute atomic E-state index is 0.295. The zero-order chi connectivity index (χ0) is 26.8. The largest absolute Gasteiger partial charge is 0.444 e. The first kappa shape index (κ1) is 28.5. The summed E-state index contributed by atoms with van der Waals surface area (Å²) in [6.07, 6.45) is -0.676. The molecule has 3 aromatic carbocycles. The molecule has 0 aliphatic carbocycles. The second-order valence-electron chi connectivity index (χ2n) is 9.70. The van der Waals surface area contributed by atoms with Crippen molar-refractivity contribution in [2.45, 2.75) is 50.8 Å². The number of benzene rings is 3. The number of thioether (sulfide) groups is 2. The second-order valence-corrected chi connectivity index (χ2v) is 11.7. The Hall–Kier alpha value is -3.03. The number of hydrogen-bond donors (Lipinski definition) is 1. The van der Waals surface area contributed by atoms with Gasteiger partial charge in [0.15, 0.2) is 0 Å². The van der Waals surface area contributed by atoms with E-state index in [1.54, 1.807) is 20.8 Å². The fourth-order valence-corrected chi connectivity index (χ4v) is 5.50. The molecule has 1 amide bonds. The molecule has 0 heterocycles. The van der Waals surface area contributed by atoms with E-state index < -0.39 is 23.7 Å². The fourth-order valence-electron chi connectivity index (χ4n) is 3.57. The Kier molecular flexibility index (Phi) is 10.4. The lowest BCUT2D eigenvalue weighted by Gasteiger charge is -2.28. The highest BCUT2D eigenvalue weighted by Crippen LogP contribution is 2.33. The highest BCUT2D eigenvalue weighted by atomic mass is 32.2. The number of aryl methyl sites for hydroxylation is 1. The van der Waals surface area contributed by atoms with Gasteiger partial charge in [0.25, 0.3) is 0 Å². The van der Waals surface area contributed by atoms with E-state index in [9.17, 15) is 14.4 Å². The molecule has 3 aromatic rings. The number of carbonyl (C=O) groups excluding carboxylic acids is 3. The lowest BCUT2D eigenvalue weighted by atomic mass is 9.94. The van der Waals surface area contributed by atoms with Gasteiger partial charge >= 0.3 is 6.09 Å². The van der Waals surface area contributed by atoms with Crippen molar-refractivity contribution in [3.8, 4) is 0 Å². The van der Waals surface area contributed by atoms with Gasteiger partial charge < -0.3 is 10.1 Å². The monoisotopic (exact) mass is 535 g/mol. The van der Waals surface area contributed by atoms with Crippen LogP contribution in [0, 0.1) is 12.8 Å². The van der Waals surface area contributed by atoms with E-state index in [-0.39, 0.29) is 10.2 Å². The van der Waals surface area contributed by atoms with Gasteiger partial charge in [0, 0.05) is 11.5 Å². The van der Waals surface area contributed by atoms with Crippen molar-refractivity contribution in [3.05, 3.63) is 107 Å². The predicted molar refractivity (Wildman–Crippen MR) is 152 cm³/mol. The topological polar surface area (TPSA) is 72.5 Å². The van der Waals surface area contributed by atoms with Crippen LogP contribution in [0.25, 0.3) is 0 Å². The van der Waals surface area contributed by atoms with E-state index in [1.807, 2.05) is 91.9 Å². The van der Waals surface area contributed by atoms with Crippen molar-refractivity contribution in [1.82, 2.24) is 5.32 Å². The van der Waals surface area contributed by atoms with E-state index in [2.05, 4.69) is 5.32 Å². The number of amides is 1. The SMILES string of the molecule is Cc1ccc([C@H](NC(=O)OC(C)(C)C)C(C(=O)SCc2ccccc2)C(=O)SCc2ccccc2)cc1. The second kappa shape index (κ2) is 13.5. The molecule has 0 aliphatic rings. The molecule has 37 heavy (non-hydrogen) atoms. The molecule has 0 aliphatic heterocycles. The van der Waals surface area contributed by atoms with Crippen LogP contribution in [0.1, 0.15) is 49.1 Å². The van der Waals surface area contributed by atoms with Gasteiger partial charge in [-0.3, -0.25) is 9.59 Å². The normalized spacial score (nSPS) is 12.1. The zero-order valence-electron chi connectivity index (χ0n) is 21.6. The summed E-state index contributed by atoms with van der Waals surface area (Å²) in [6, 6.07) is 25.9. The zero-order valence-corrected chi connectivity index (χ0v) is 23.2. The van der Waals surface area contributed by atoms with Crippen LogP contribution < -0.4 is 5.32 Å². The molecule has 0 saturated carbocycles. The number of nitrogens with one attached hydrogen (secondary N) is 1. The number of hydrogen-bond acceptors (Lipinski definition) is 6. The Labute approximate surface area is 227 Å². The Morgan fingerprint density at radius 1 is 0.757 bits per heavy atom. The Morgan fingerprint density at radius 3 is 1.65 bits per heavy atom. The predicted octanol–water partition coefficient (Wildman–Crippen LogP) is 7.10. The van der Waals surface area contributed by atoms with Gasteiger partial charge in [0.2, 0.25) is 10.2 Å². The molecule has 0 saturated heterocycles. The van der Waals surface area contributed by atoms with Gasteiger partial charge in [-0.2, -0.15) is 0 Å². The summed E-state index contributed by atoms with van der Waals surface area (Å²) in [5, 5.41) is 2.25. The molecule has 0 radical (unpaired) electrons. The Morgan fingerprint density at radius 2 is 1.22 bits per heavy atom. The van der Waals surface area contributed by atoms with Crippen molar-refractivity contribution >= 4 is 39.8 Å². The van der Waals surface area contributed by atoms with Crippen LogP contribution in [0.3, 0.4) is 0 Å². The maximum Gasteiger partial charge on any atom is 0.408 e. The molecule has 0 fully saturated rings. The molecule has 5 nitrogen and oxygen atoms in total. The standard InChI is InChI=1S/C30H33NO4S2/c1-21-15-17-24(18-16-21)26(31-29(34)35-30(2,3)4)25(27(32)36-19-22-11-7-5-8-12-22)28(33)37-20-23-13-9-6-10-14-23/h5-18,25-26H,19-20H2,1-4H3,(H,31,34)/t26-/m0/s1. The van der Waals surface area contributed by atoms with Gasteiger partial charge in [-0.25, -0.2) is 4.79 Å². The van der Waals surface area contributed by atoms with Gasteiger partial charge in [-0.1, -0.05) is 114 Å². The quantitative estimate of drug-likeness (QED) is 0.295. The summed E-state index contributed by atoms with van der Waals surface area (Å²) in [6.45, 7) is 7.27. The summed E-state index contributed by atoms with van der Waals surface area (Å²) in [5.74, 6) is -0.239. The lowest BCUT2D eigenvalue weighted by molar-refractivity contribution is -0.124. The van der Waals surface area contributed by atoms with Crippen molar-refractivity contribution in [2.24, 2.45) is 5.92 Å². The number of rotatable bonds is 9. The van der Waals surface area contributed by atoms with E-state index in [0.717, 1.165) is 40.2 Å². The van der Waals surface area contributed by atoms with Gasteiger partial charge in [0.1, 0.15) is 11.5 Å². The minimum atomic E-state index is -1.10. The summed E-state index contributed by atoms with van der Waals surface area (Å²) in [4.78, 5) is 40.2. The molecule has 0 aromatic heterocycles. The Balaban J connectivity index is 1.91. The average Bonchev–Trinajstić information content (AvgIpc) is 2.86. The van der Waals surface area contributed by atoms with Gasteiger partial charge in [-0.05, 0) is 44.4 Å². The van der Waals surface area contributed by atoms with Crippen LogP contribution in [0.5, 0.6) is 0 Å². The van der Waals surface area contributed by atoms with Gasteiger partial charge in [0.05, 0.1) is 6.04 Å². The maximum atomic E-state index is 13.7. The van der Waals surface area contributed by atoms with Crippen LogP contribution in [0.2, 0.25) is 0 Å². The maximum absolute atomic E-state index is 13.7. The number of ether oxygens (including phenoxy) is 1. The summed E-state index contributed by atoms with van der Waals surface area (Å²) >= 11 is 2.18. The van der Waals surface area contributed by atoms with Crippen LogP contribution in [0.15, 0.2) is 84.9 Å². The van der Waals surface area contributed by atoms with Crippen LogP contribution in [-0.4, -0.2) is 21.9 Å². The van der Waals surface area contributed by atoms with Crippen LogP contribution in [-0.2, 0) is 25.8 Å². The molecule has 7 heteroatoms. The number of carbonyl (C=O) groups is 3. The molecule has 3 rings (SSSR count). The molecule has 1 atom stereocenters. The fraction of sp³-hybridized carbons (Fsp3) is 0.300. The van der Waals surface area contributed by atoms with E-state index in [0.29, 0.717) is 17.1 Å². The van der Waals surface area contributed by atoms with Crippen LogP contribution in [0.4, 0.5) is 4.79 Å². The van der Waals surface area contributed by atoms with Crippen molar-refractivity contribution in [2.75, 3.05) is 0 Å². The molecule has 0 bridgehead atoms. The third-order valence-electron chi connectivity index (χ3n) is 5.40. The summed E-state index contributed by atoms with van der Waals surface area (Å²) in [5.41, 5.74) is 2.94. The van der Waals surface area contributed by atoms with Crippen molar-refractivity contribution in [1.29, 1.82) is 0 Å². The minimum Gasteiger partial charge on any atom is -0.444 e. The van der Waals surface area contributed by atoms with E-state index in [4.69, 9.17) is 4.74 Å². The first-order chi connectivity index (χ1) is 17.6.